The molecule has 0 spiro atoms. The topological polar surface area (TPSA) is 110 Å². The van der Waals surface area contributed by atoms with Crippen molar-refractivity contribution in [1.29, 1.82) is 0 Å². The fourth-order valence-electron chi connectivity index (χ4n) is 2.66. The first-order valence-corrected chi connectivity index (χ1v) is 9.18. The summed E-state index contributed by atoms with van der Waals surface area (Å²) in [5.74, 6) is -0.206. The molecule has 165 valence electrons. The van der Waals surface area contributed by atoms with Crippen molar-refractivity contribution in [2.24, 2.45) is 0 Å². The molecule has 1 aromatic carbocycles. The number of amides is 4. The smallest absolute Gasteiger partial charge is 0.433 e. The van der Waals surface area contributed by atoms with E-state index >= 15 is 0 Å². The molecule has 3 N–H and O–H groups in total. The SMILES string of the molecule is CN(C)CCOc1nc(C(F)(F)F)ccc1CNC(=O)Nc1cccc2c1[N]C(=O)N2. The molecule has 2 heterocycles. The van der Waals surface area contributed by atoms with E-state index in [0.717, 1.165) is 6.07 Å². The fourth-order valence-corrected chi connectivity index (χ4v) is 2.66. The Morgan fingerprint density at radius 1 is 1.23 bits per heavy atom. The van der Waals surface area contributed by atoms with E-state index in [4.69, 9.17) is 4.74 Å². The maximum atomic E-state index is 13.0. The highest BCUT2D eigenvalue weighted by atomic mass is 19.4. The molecule has 9 nitrogen and oxygen atoms in total. The standard InChI is InChI=1S/C19H20F3N6O3/c1-28(2)8-9-31-16-11(6-7-14(26-16)19(20,21)22)10-23-17(29)24-12-4-3-5-13-15(12)27-18(30)25-13/h3-7H,8-10H2,1-2H3,(H,25,30)(H2,23,24,29). The average molecular weight is 437 g/mol. The lowest BCUT2D eigenvalue weighted by molar-refractivity contribution is -0.141. The van der Waals surface area contributed by atoms with Crippen LogP contribution in [0.3, 0.4) is 0 Å². The van der Waals surface area contributed by atoms with E-state index in [1.54, 1.807) is 32.3 Å². The van der Waals surface area contributed by atoms with Crippen LogP contribution in [0.25, 0.3) is 0 Å². The van der Waals surface area contributed by atoms with E-state index in [9.17, 15) is 22.8 Å². The zero-order valence-electron chi connectivity index (χ0n) is 16.7. The number of rotatable bonds is 7. The molecule has 4 amide bonds. The number of anilines is 2. The Balaban J connectivity index is 1.68. The molecule has 0 saturated carbocycles. The van der Waals surface area contributed by atoms with Crippen molar-refractivity contribution in [2.75, 3.05) is 37.9 Å². The third-order valence-electron chi connectivity index (χ3n) is 4.19. The highest BCUT2D eigenvalue weighted by Gasteiger charge is 2.33. The Kier molecular flexibility index (Phi) is 6.49. The van der Waals surface area contributed by atoms with Crippen molar-refractivity contribution >= 4 is 29.1 Å². The number of carbonyl (C=O) groups is 2. The van der Waals surface area contributed by atoms with Crippen LogP contribution >= 0.6 is 0 Å². The van der Waals surface area contributed by atoms with Crippen LogP contribution in [0.1, 0.15) is 11.3 Å². The summed E-state index contributed by atoms with van der Waals surface area (Å²) in [4.78, 5) is 29.1. The van der Waals surface area contributed by atoms with Gasteiger partial charge in [0.1, 0.15) is 18.0 Å². The molecular formula is C19H20F3N6O3. The molecule has 3 rings (SSSR count). The Morgan fingerprint density at radius 2 is 2.00 bits per heavy atom. The van der Waals surface area contributed by atoms with E-state index in [0.29, 0.717) is 23.6 Å². The average Bonchev–Trinajstić information content (AvgIpc) is 3.07. The summed E-state index contributed by atoms with van der Waals surface area (Å²) < 4.78 is 44.4. The Morgan fingerprint density at radius 3 is 2.71 bits per heavy atom. The molecule has 0 aliphatic carbocycles. The first-order valence-electron chi connectivity index (χ1n) is 9.18. The van der Waals surface area contributed by atoms with E-state index in [1.807, 2.05) is 4.90 Å². The number of halogens is 3. The van der Waals surface area contributed by atoms with Crippen LogP contribution in [0.2, 0.25) is 0 Å². The van der Waals surface area contributed by atoms with Crippen molar-refractivity contribution in [1.82, 2.24) is 20.5 Å². The summed E-state index contributed by atoms with van der Waals surface area (Å²) >= 11 is 0. The van der Waals surface area contributed by atoms with Gasteiger partial charge in [-0.3, -0.25) is 0 Å². The summed E-state index contributed by atoms with van der Waals surface area (Å²) in [6, 6.07) is 5.69. The van der Waals surface area contributed by atoms with Crippen LogP contribution in [0, 0.1) is 0 Å². The lowest BCUT2D eigenvalue weighted by Gasteiger charge is -2.16. The number of benzene rings is 1. The van der Waals surface area contributed by atoms with Crippen molar-refractivity contribution in [3.8, 4) is 5.88 Å². The molecular weight excluding hydrogens is 417 g/mol. The minimum absolute atomic E-state index is 0.124. The predicted octanol–water partition coefficient (Wildman–Crippen LogP) is 3.14. The lowest BCUT2D eigenvalue weighted by atomic mass is 10.2. The third-order valence-corrected chi connectivity index (χ3v) is 4.19. The molecule has 0 fully saturated rings. The van der Waals surface area contributed by atoms with Gasteiger partial charge in [0.25, 0.3) is 0 Å². The second kappa shape index (κ2) is 9.08. The highest BCUT2D eigenvalue weighted by Crippen LogP contribution is 2.34. The largest absolute Gasteiger partial charge is 0.476 e. The minimum atomic E-state index is -4.62. The Hall–Kier alpha value is -3.54. The molecule has 31 heavy (non-hydrogen) atoms. The zero-order chi connectivity index (χ0) is 22.6. The number of nitrogens with zero attached hydrogens (tertiary/aromatic N) is 3. The van der Waals surface area contributed by atoms with Crippen LogP contribution in [0.15, 0.2) is 30.3 Å². The molecule has 1 aliphatic heterocycles. The molecule has 0 bridgehead atoms. The second-order valence-corrected chi connectivity index (χ2v) is 6.86. The van der Waals surface area contributed by atoms with Gasteiger partial charge in [-0.25, -0.2) is 14.6 Å². The zero-order valence-corrected chi connectivity index (χ0v) is 16.7. The molecule has 1 radical (unpaired) electrons. The van der Waals surface area contributed by atoms with Gasteiger partial charge < -0.3 is 25.6 Å². The van der Waals surface area contributed by atoms with Crippen molar-refractivity contribution in [3.63, 3.8) is 0 Å². The number of fused-ring (bicyclic) bond motifs is 1. The van der Waals surface area contributed by atoms with E-state index in [1.165, 1.54) is 6.07 Å². The predicted molar refractivity (Wildman–Crippen MR) is 106 cm³/mol. The fraction of sp³-hybridized carbons (Fsp3) is 0.316. The van der Waals surface area contributed by atoms with Crippen molar-refractivity contribution in [2.45, 2.75) is 12.7 Å². The van der Waals surface area contributed by atoms with Gasteiger partial charge >= 0.3 is 18.2 Å². The number of carbonyl (C=O) groups excluding carboxylic acids is 2. The number of likely N-dealkylation sites (N-methyl/N-ethyl adjacent to an activating group) is 1. The first kappa shape index (κ1) is 22.2. The lowest BCUT2D eigenvalue weighted by Crippen LogP contribution is -2.29. The quantitative estimate of drug-likeness (QED) is 0.617. The molecule has 0 saturated heterocycles. The third kappa shape index (κ3) is 5.75. The molecule has 1 aromatic heterocycles. The van der Waals surface area contributed by atoms with Gasteiger partial charge in [-0.1, -0.05) is 6.07 Å². The normalized spacial score (nSPS) is 12.8. The van der Waals surface area contributed by atoms with Crippen LogP contribution in [-0.2, 0) is 12.7 Å². The van der Waals surface area contributed by atoms with Gasteiger partial charge in [0.2, 0.25) is 5.88 Å². The number of hydrogen-bond acceptors (Lipinski definition) is 5. The highest BCUT2D eigenvalue weighted by molar-refractivity contribution is 6.07. The molecule has 2 aromatic rings. The Labute approximate surface area is 176 Å². The molecule has 12 heteroatoms. The van der Waals surface area contributed by atoms with Gasteiger partial charge in [-0.2, -0.15) is 18.5 Å². The number of aromatic nitrogens is 1. The molecule has 0 unspecified atom stereocenters. The van der Waals surface area contributed by atoms with Gasteiger partial charge in [-0.05, 0) is 38.4 Å². The summed E-state index contributed by atoms with van der Waals surface area (Å²) in [5, 5.41) is 11.4. The van der Waals surface area contributed by atoms with Crippen LogP contribution in [0.5, 0.6) is 5.88 Å². The molecule has 0 atom stereocenters. The first-order chi connectivity index (χ1) is 14.6. The van der Waals surface area contributed by atoms with Gasteiger partial charge in [0.05, 0.1) is 11.4 Å². The van der Waals surface area contributed by atoms with Gasteiger partial charge in [0, 0.05) is 18.7 Å². The van der Waals surface area contributed by atoms with Crippen molar-refractivity contribution < 1.29 is 27.5 Å². The number of ether oxygens (including phenoxy) is 1. The number of alkyl halides is 3. The summed E-state index contributed by atoms with van der Waals surface area (Å²) in [7, 11) is 3.59. The monoisotopic (exact) mass is 437 g/mol. The van der Waals surface area contributed by atoms with E-state index in [-0.39, 0.29) is 24.6 Å². The van der Waals surface area contributed by atoms with Crippen LogP contribution < -0.4 is 26.0 Å². The number of nitrogens with one attached hydrogen (secondary N) is 3. The number of para-hydroxylation sites is 1. The van der Waals surface area contributed by atoms with Gasteiger partial charge in [-0.15, -0.1) is 0 Å². The second-order valence-electron chi connectivity index (χ2n) is 6.86. The van der Waals surface area contributed by atoms with E-state index in [2.05, 4.69) is 26.3 Å². The minimum Gasteiger partial charge on any atom is -0.476 e. The Bertz CT molecular complexity index is 981. The molecule has 1 aliphatic rings. The number of hydrogen-bond donors (Lipinski definition) is 3. The number of pyridine rings is 1. The number of urea groups is 2. The van der Waals surface area contributed by atoms with Crippen LogP contribution in [0.4, 0.5) is 39.8 Å². The summed E-state index contributed by atoms with van der Waals surface area (Å²) in [5.41, 5.74) is 0.264. The van der Waals surface area contributed by atoms with Crippen molar-refractivity contribution in [3.05, 3.63) is 41.6 Å². The van der Waals surface area contributed by atoms with Crippen LogP contribution in [-0.4, -0.2) is 49.2 Å². The maximum absolute atomic E-state index is 13.0. The summed E-state index contributed by atoms with van der Waals surface area (Å²) in [6.07, 6.45) is -4.62. The van der Waals surface area contributed by atoms with E-state index < -0.39 is 23.9 Å². The van der Waals surface area contributed by atoms with Gasteiger partial charge in [0.15, 0.2) is 0 Å². The summed E-state index contributed by atoms with van der Waals surface area (Å²) in [6.45, 7) is 0.470. The maximum Gasteiger partial charge on any atom is 0.433 e.